The molecule has 4 aromatic rings. The molecule has 1 atom stereocenters. The van der Waals surface area contributed by atoms with Crippen molar-refractivity contribution in [3.8, 4) is 23.1 Å². The highest BCUT2D eigenvalue weighted by Gasteiger charge is 2.22. The molecule has 3 heterocycles. The Kier molecular flexibility index (Phi) is 3.98. The van der Waals surface area contributed by atoms with Gasteiger partial charge >= 0.3 is 0 Å². The number of aliphatic hydroxyl groups is 1. The van der Waals surface area contributed by atoms with Crippen LogP contribution in [0.4, 0.5) is 5.82 Å². The van der Waals surface area contributed by atoms with E-state index in [1.54, 1.807) is 13.1 Å². The van der Waals surface area contributed by atoms with Gasteiger partial charge in [-0.2, -0.15) is 0 Å². The topological polar surface area (TPSA) is 97.8 Å². The molecule has 4 rings (SSSR count). The Hall–Kier alpha value is -3.34. The third kappa shape index (κ3) is 3.49. The molecule has 3 aromatic heterocycles. The fourth-order valence-corrected chi connectivity index (χ4v) is 3.23. The first-order valence-corrected chi connectivity index (χ1v) is 9.02. The number of rotatable bonds is 3. The molecule has 0 bridgehead atoms. The summed E-state index contributed by atoms with van der Waals surface area (Å²) in [5.74, 6) is 6.43. The quantitative estimate of drug-likeness (QED) is 0.535. The summed E-state index contributed by atoms with van der Waals surface area (Å²) in [6, 6.07) is 11.4. The summed E-state index contributed by atoms with van der Waals surface area (Å²) < 4.78 is 7.40. The average Bonchev–Trinajstić information content (AvgIpc) is 3.28. The molecule has 3 N–H and O–H groups in total. The normalized spacial score (nSPS) is 13.4. The highest BCUT2D eigenvalue weighted by atomic mass is 32.1. The molecule has 0 aliphatic rings. The van der Waals surface area contributed by atoms with Crippen molar-refractivity contribution >= 4 is 28.2 Å². The van der Waals surface area contributed by atoms with Crippen molar-refractivity contribution in [2.75, 3.05) is 5.73 Å². The van der Waals surface area contributed by atoms with E-state index in [2.05, 4.69) is 31.8 Å². The van der Waals surface area contributed by atoms with Gasteiger partial charge in [-0.1, -0.05) is 24.0 Å². The Labute approximate surface area is 161 Å². The zero-order valence-corrected chi connectivity index (χ0v) is 15.2. The van der Waals surface area contributed by atoms with Crippen LogP contribution in [0.15, 0.2) is 54.3 Å². The lowest BCUT2D eigenvalue weighted by Crippen LogP contribution is -2.17. The molecule has 0 fully saturated rings. The first-order valence-electron chi connectivity index (χ1n) is 8.55. The molecular weight excluding hydrogens is 358 g/mol. The number of hydrogen-bond acceptors (Lipinski definition) is 7. The third-order valence-corrected chi connectivity index (χ3v) is 4.93. The molecule has 0 aliphatic heterocycles. The van der Waals surface area contributed by atoms with Gasteiger partial charge in [-0.05, 0) is 31.2 Å². The van der Waals surface area contributed by atoms with E-state index < -0.39 is 5.60 Å². The van der Waals surface area contributed by atoms with Crippen molar-refractivity contribution in [2.24, 2.45) is 0 Å². The molecule has 7 heteroatoms. The van der Waals surface area contributed by atoms with Gasteiger partial charge in [-0.3, -0.25) is 0 Å². The zero-order valence-electron chi connectivity index (χ0n) is 15.4. The van der Waals surface area contributed by atoms with Gasteiger partial charge in [0.15, 0.2) is 11.4 Å². The SMILES string of the molecule is [2H]O[C@](C)(C#Cc1cccc(-c2ccc3ncnc(N)c3n2)c1)c1nccs1. The molecule has 0 amide bonds. The van der Waals surface area contributed by atoms with E-state index in [4.69, 9.17) is 12.3 Å². The number of thiazole rings is 1. The number of anilines is 1. The number of nitrogens with two attached hydrogens (primary N) is 1. The minimum atomic E-state index is -1.09. The van der Waals surface area contributed by atoms with Crippen molar-refractivity contribution in [2.45, 2.75) is 12.5 Å². The summed E-state index contributed by atoms with van der Waals surface area (Å²) in [5.41, 5.74) is 8.50. The maximum absolute atomic E-state index is 7.40. The summed E-state index contributed by atoms with van der Waals surface area (Å²) >= 11 is 1.40. The maximum atomic E-state index is 7.40. The van der Waals surface area contributed by atoms with Gasteiger partial charge in [-0.15, -0.1) is 11.3 Å². The van der Waals surface area contributed by atoms with E-state index in [0.717, 1.165) is 16.8 Å². The Morgan fingerprint density at radius 2 is 2.15 bits per heavy atom. The number of pyridine rings is 1. The summed E-state index contributed by atoms with van der Waals surface area (Å²) in [5, 5.41) is 7.33. The van der Waals surface area contributed by atoms with E-state index in [-0.39, 0.29) is 0 Å². The molecule has 0 radical (unpaired) electrons. The Balaban J connectivity index is 1.71. The molecule has 0 aliphatic carbocycles. The number of fused-ring (bicyclic) bond motifs is 1. The molecule has 0 unspecified atom stereocenters. The highest BCUT2D eigenvalue weighted by Crippen LogP contribution is 2.24. The van der Waals surface area contributed by atoms with E-state index in [1.165, 1.54) is 17.7 Å². The highest BCUT2D eigenvalue weighted by molar-refractivity contribution is 7.09. The molecule has 0 spiro atoms. The number of nitrogens with zero attached hydrogens (tertiary/aromatic N) is 4. The van der Waals surface area contributed by atoms with Crippen LogP contribution in [0, 0.1) is 11.8 Å². The van der Waals surface area contributed by atoms with Crippen LogP contribution in [0.1, 0.15) is 17.5 Å². The minimum absolute atomic E-state index is 0.342. The van der Waals surface area contributed by atoms with Gasteiger partial charge in [0.05, 0.1) is 11.2 Å². The number of benzene rings is 1. The summed E-state index contributed by atoms with van der Waals surface area (Å²) in [6.45, 7) is 1.73. The lowest BCUT2D eigenvalue weighted by atomic mass is 10.1. The van der Waals surface area contributed by atoms with E-state index in [0.29, 0.717) is 21.9 Å². The van der Waals surface area contributed by atoms with E-state index >= 15 is 0 Å². The molecule has 6 nitrogen and oxygen atoms in total. The summed E-state index contributed by atoms with van der Waals surface area (Å²) in [4.78, 5) is 17.0. The number of aromatic nitrogens is 4. The molecular formula is C20H15N5OS. The predicted octanol–water partition coefficient (Wildman–Crippen LogP) is 2.99. The van der Waals surface area contributed by atoms with Crippen LogP contribution in [0.5, 0.6) is 0 Å². The van der Waals surface area contributed by atoms with Gasteiger partial charge < -0.3 is 10.8 Å². The fourth-order valence-electron chi connectivity index (χ4n) is 2.58. The minimum Gasteiger partial charge on any atom is -0.382 e. The largest absolute Gasteiger partial charge is 0.382 e. The second-order valence-electron chi connectivity index (χ2n) is 6.02. The molecule has 0 saturated heterocycles. The van der Waals surface area contributed by atoms with Gasteiger partial charge in [0, 0.05) is 22.7 Å². The van der Waals surface area contributed by atoms with E-state index in [9.17, 15) is 0 Å². The van der Waals surface area contributed by atoms with E-state index in [1.807, 2.05) is 41.8 Å². The van der Waals surface area contributed by atoms with Crippen LogP contribution in [-0.4, -0.2) is 26.5 Å². The third-order valence-electron chi connectivity index (χ3n) is 3.95. The van der Waals surface area contributed by atoms with Crippen LogP contribution in [0.3, 0.4) is 0 Å². The summed E-state index contributed by atoms with van der Waals surface area (Å²) in [6.07, 6.45) is 3.09. The van der Waals surface area contributed by atoms with Gasteiger partial charge in [-0.25, -0.2) is 19.9 Å². The van der Waals surface area contributed by atoms with Crippen molar-refractivity contribution in [1.29, 1.82) is 1.43 Å². The lowest BCUT2D eigenvalue weighted by molar-refractivity contribution is 0.122. The lowest BCUT2D eigenvalue weighted by Gasteiger charge is -2.12. The van der Waals surface area contributed by atoms with Crippen molar-refractivity contribution in [3.63, 3.8) is 0 Å². The summed E-state index contributed by atoms with van der Waals surface area (Å²) in [7, 11) is 0. The number of hydrogen-bond donors (Lipinski definition) is 2. The van der Waals surface area contributed by atoms with Crippen molar-refractivity contribution in [1.82, 2.24) is 19.9 Å². The smallest absolute Gasteiger partial charge is 0.213 e. The first kappa shape index (κ1) is 15.9. The standard InChI is InChI=1S/C20H15N5OS/c1-20(26,19-22-9-10-27-19)8-7-13-3-2-4-14(11-13)15-5-6-16-17(25-15)18(21)24-12-23-16/h2-6,9-12,26H,1H3,(H2,21,23,24)/t20-/m1/s1/i26D. The van der Waals surface area contributed by atoms with Crippen LogP contribution >= 0.6 is 11.3 Å². The Morgan fingerprint density at radius 3 is 2.96 bits per heavy atom. The van der Waals surface area contributed by atoms with Crippen LogP contribution < -0.4 is 5.73 Å². The van der Waals surface area contributed by atoms with Gasteiger partial charge in [0.25, 0.3) is 0 Å². The zero-order chi connectivity index (χ0) is 19.6. The molecule has 132 valence electrons. The van der Waals surface area contributed by atoms with Crippen LogP contribution in [0.2, 0.25) is 0 Å². The monoisotopic (exact) mass is 374 g/mol. The maximum Gasteiger partial charge on any atom is 0.213 e. The Bertz CT molecular complexity index is 1200. The fraction of sp³-hybridized carbons (Fsp3) is 0.100. The van der Waals surface area contributed by atoms with Crippen LogP contribution in [-0.2, 0) is 5.60 Å². The Morgan fingerprint density at radius 1 is 1.22 bits per heavy atom. The van der Waals surface area contributed by atoms with Gasteiger partial charge in [0.1, 0.15) is 16.9 Å². The molecule has 0 saturated carbocycles. The molecule has 1 aromatic carbocycles. The van der Waals surface area contributed by atoms with Crippen molar-refractivity contribution < 1.29 is 5.11 Å². The average molecular weight is 374 g/mol. The second-order valence-corrected chi connectivity index (χ2v) is 6.92. The predicted molar refractivity (Wildman–Crippen MR) is 106 cm³/mol. The van der Waals surface area contributed by atoms with Crippen molar-refractivity contribution in [3.05, 3.63) is 64.9 Å². The van der Waals surface area contributed by atoms with Gasteiger partial charge in [0.2, 0.25) is 1.43 Å². The second kappa shape index (κ2) is 6.76. The molecule has 27 heavy (non-hydrogen) atoms. The first-order chi connectivity index (χ1) is 13.6. The number of nitrogen functional groups attached to an aromatic ring is 1. The van der Waals surface area contributed by atoms with Crippen LogP contribution in [0.25, 0.3) is 22.3 Å².